The van der Waals surface area contributed by atoms with Crippen LogP contribution in [-0.2, 0) is 10.2 Å². The molecule has 1 atom stereocenters. The fourth-order valence-corrected chi connectivity index (χ4v) is 5.41. The van der Waals surface area contributed by atoms with Crippen molar-refractivity contribution >= 4 is 33.0 Å². The van der Waals surface area contributed by atoms with Crippen LogP contribution in [0.15, 0.2) is 46.2 Å². The second-order valence-electron chi connectivity index (χ2n) is 9.22. The molecule has 1 N–H and O–H groups in total. The third-order valence-corrected chi connectivity index (χ3v) is 7.04. The molecule has 5 heteroatoms. The first-order valence-corrected chi connectivity index (χ1v) is 12.5. The summed E-state index contributed by atoms with van der Waals surface area (Å²) in [7, 11) is 0. The van der Waals surface area contributed by atoms with Gasteiger partial charge in [-0.15, -0.1) is 0 Å². The van der Waals surface area contributed by atoms with Gasteiger partial charge in [0.25, 0.3) is 0 Å². The van der Waals surface area contributed by atoms with Gasteiger partial charge in [0.1, 0.15) is 11.6 Å². The maximum atomic E-state index is 15.4. The predicted molar refractivity (Wildman–Crippen MR) is 139 cm³/mol. The van der Waals surface area contributed by atoms with Crippen molar-refractivity contribution in [2.24, 2.45) is 5.92 Å². The summed E-state index contributed by atoms with van der Waals surface area (Å²) in [6.45, 7) is 14.8. The molecule has 1 aromatic carbocycles. The minimum Gasteiger partial charge on any atom is -0.492 e. The van der Waals surface area contributed by atoms with Gasteiger partial charge < -0.3 is 9.84 Å². The summed E-state index contributed by atoms with van der Waals surface area (Å²) in [5, 5.41) is 8.91. The van der Waals surface area contributed by atoms with Gasteiger partial charge in [-0.05, 0) is 100 Å². The number of ether oxygens (including phenoxy) is 1. The molecular weight excluding hydrogens is 483 g/mol. The number of halogens is 2. The monoisotopic (exact) mass is 518 g/mol. The average Bonchev–Trinajstić information content (AvgIpc) is 2.73. The lowest BCUT2D eigenvalue weighted by atomic mass is 9.70. The summed E-state index contributed by atoms with van der Waals surface area (Å²) < 4.78 is 22.4. The smallest absolute Gasteiger partial charge is 0.328 e. The highest BCUT2D eigenvalue weighted by Gasteiger charge is 2.34. The van der Waals surface area contributed by atoms with Crippen LogP contribution in [0.25, 0.3) is 11.1 Å². The maximum Gasteiger partial charge on any atom is 0.328 e. The molecule has 0 saturated carbocycles. The molecule has 0 radical (unpaired) electrons. The number of rotatable bonds is 9. The van der Waals surface area contributed by atoms with Crippen LogP contribution in [0.5, 0.6) is 5.75 Å². The fourth-order valence-electron chi connectivity index (χ4n) is 4.33. The van der Waals surface area contributed by atoms with Crippen LogP contribution in [0, 0.1) is 5.92 Å². The van der Waals surface area contributed by atoms with E-state index in [9.17, 15) is 4.79 Å². The SMILES string of the molecule is CCOc1c(C(CC)=C(F)C=CC(C)=CC(=O)O)cc2c(c1Br)C(C)(C)CC=C2C(C)CC. The van der Waals surface area contributed by atoms with Crippen LogP contribution in [-0.4, -0.2) is 17.7 Å². The van der Waals surface area contributed by atoms with E-state index in [0.29, 0.717) is 35.8 Å². The van der Waals surface area contributed by atoms with Crippen molar-refractivity contribution < 1.29 is 19.0 Å². The normalized spacial score (nSPS) is 17.4. The van der Waals surface area contributed by atoms with Crippen molar-refractivity contribution in [1.82, 2.24) is 0 Å². The number of benzene rings is 1. The van der Waals surface area contributed by atoms with E-state index in [1.165, 1.54) is 23.3 Å². The van der Waals surface area contributed by atoms with Crippen molar-refractivity contribution in [2.45, 2.75) is 73.1 Å². The lowest BCUT2D eigenvalue weighted by Crippen LogP contribution is -2.24. The second kappa shape index (κ2) is 11.3. The third-order valence-electron chi connectivity index (χ3n) is 6.28. The van der Waals surface area contributed by atoms with Crippen LogP contribution in [0.2, 0.25) is 0 Å². The van der Waals surface area contributed by atoms with Crippen LogP contribution in [0.4, 0.5) is 4.39 Å². The number of hydrogen-bond donors (Lipinski definition) is 1. The zero-order valence-corrected chi connectivity index (χ0v) is 22.4. The van der Waals surface area contributed by atoms with Gasteiger partial charge in [-0.3, -0.25) is 0 Å². The number of allylic oxidation sites excluding steroid dienone is 7. The van der Waals surface area contributed by atoms with E-state index in [0.717, 1.165) is 34.5 Å². The van der Waals surface area contributed by atoms with E-state index in [1.807, 2.05) is 13.8 Å². The Kier molecular flexibility index (Phi) is 9.30. The Bertz CT molecular complexity index is 1030. The Morgan fingerprint density at radius 2 is 1.97 bits per heavy atom. The Hall–Kier alpha value is -2.14. The quantitative estimate of drug-likeness (QED) is 0.262. The molecule has 3 nitrogen and oxygen atoms in total. The maximum absolute atomic E-state index is 15.4. The zero-order chi connectivity index (χ0) is 24.9. The van der Waals surface area contributed by atoms with Crippen LogP contribution < -0.4 is 4.74 Å². The largest absolute Gasteiger partial charge is 0.492 e. The van der Waals surface area contributed by atoms with E-state index in [1.54, 1.807) is 6.92 Å². The summed E-state index contributed by atoms with van der Waals surface area (Å²) >= 11 is 3.84. The number of fused-ring (bicyclic) bond motifs is 1. The standard InChI is InChI=1S/C28H36BrFO3/c1-8-18(5)20-13-14-28(6,7)25-21(20)16-22(27(26(25)29)33-10-3)19(9-2)23(30)12-11-17(4)15-24(31)32/h11-13,15-16,18H,8-10,14H2,1-7H3,(H,31,32). The molecule has 0 heterocycles. The first-order valence-electron chi connectivity index (χ1n) is 11.7. The minimum absolute atomic E-state index is 0.0806. The molecule has 0 spiro atoms. The highest BCUT2D eigenvalue weighted by atomic mass is 79.9. The number of hydrogen-bond acceptors (Lipinski definition) is 2. The average molecular weight is 519 g/mol. The van der Waals surface area contributed by atoms with E-state index in [4.69, 9.17) is 9.84 Å². The van der Waals surface area contributed by atoms with Crippen LogP contribution in [0.3, 0.4) is 0 Å². The molecular formula is C28H36BrFO3. The molecule has 1 unspecified atom stereocenters. The lowest BCUT2D eigenvalue weighted by molar-refractivity contribution is -0.131. The summed E-state index contributed by atoms with van der Waals surface area (Å²) in [4.78, 5) is 10.9. The molecule has 1 aromatic rings. The second-order valence-corrected chi connectivity index (χ2v) is 10.0. The Morgan fingerprint density at radius 3 is 2.52 bits per heavy atom. The number of carbonyl (C=O) groups is 1. The Labute approximate surface area is 206 Å². The van der Waals surface area contributed by atoms with Crippen LogP contribution in [0.1, 0.15) is 84.4 Å². The molecule has 180 valence electrons. The third kappa shape index (κ3) is 6.06. The van der Waals surface area contributed by atoms with Gasteiger partial charge in [-0.2, -0.15) is 0 Å². The summed E-state index contributed by atoms with van der Waals surface area (Å²) in [5.41, 5.74) is 5.31. The molecule has 33 heavy (non-hydrogen) atoms. The van der Waals surface area contributed by atoms with Gasteiger partial charge in [0, 0.05) is 11.6 Å². The van der Waals surface area contributed by atoms with Crippen molar-refractivity contribution in [2.75, 3.05) is 6.61 Å². The van der Waals surface area contributed by atoms with Crippen molar-refractivity contribution in [3.8, 4) is 5.75 Å². The molecule has 0 aromatic heterocycles. The van der Waals surface area contributed by atoms with E-state index in [-0.39, 0.29) is 5.41 Å². The van der Waals surface area contributed by atoms with Crippen molar-refractivity contribution in [1.29, 1.82) is 0 Å². The van der Waals surface area contributed by atoms with Gasteiger partial charge >= 0.3 is 5.97 Å². The highest BCUT2D eigenvalue weighted by molar-refractivity contribution is 9.10. The first kappa shape index (κ1) is 27.1. The molecule has 0 amide bonds. The minimum atomic E-state index is -1.05. The molecule has 2 rings (SSSR count). The van der Waals surface area contributed by atoms with Gasteiger partial charge in [0.2, 0.25) is 0 Å². The molecule has 1 aliphatic carbocycles. The number of aliphatic carboxylic acids is 1. The lowest BCUT2D eigenvalue weighted by Gasteiger charge is -2.36. The number of carboxylic acids is 1. The van der Waals surface area contributed by atoms with Gasteiger partial charge in [-0.25, -0.2) is 9.18 Å². The molecule has 1 aliphatic rings. The van der Waals surface area contributed by atoms with E-state index < -0.39 is 11.8 Å². The molecule has 0 saturated heterocycles. The first-order chi connectivity index (χ1) is 15.5. The van der Waals surface area contributed by atoms with Gasteiger partial charge in [0.05, 0.1) is 11.1 Å². The molecule has 0 fully saturated rings. The van der Waals surface area contributed by atoms with Crippen LogP contribution >= 0.6 is 15.9 Å². The predicted octanol–water partition coefficient (Wildman–Crippen LogP) is 8.64. The Morgan fingerprint density at radius 1 is 1.30 bits per heavy atom. The van der Waals surface area contributed by atoms with E-state index >= 15 is 4.39 Å². The van der Waals surface area contributed by atoms with E-state index in [2.05, 4.69) is 55.8 Å². The van der Waals surface area contributed by atoms with Crippen molar-refractivity contribution in [3.05, 3.63) is 62.9 Å². The van der Waals surface area contributed by atoms with Crippen molar-refractivity contribution in [3.63, 3.8) is 0 Å². The zero-order valence-electron chi connectivity index (χ0n) is 20.8. The van der Waals surface area contributed by atoms with Gasteiger partial charge in [0.15, 0.2) is 0 Å². The highest BCUT2D eigenvalue weighted by Crippen LogP contribution is 2.51. The summed E-state index contributed by atoms with van der Waals surface area (Å²) in [6, 6.07) is 2.09. The fraction of sp³-hybridized carbons (Fsp3) is 0.464. The van der Waals surface area contributed by atoms with Gasteiger partial charge in [-0.1, -0.05) is 46.8 Å². The summed E-state index contributed by atoms with van der Waals surface area (Å²) in [6.07, 6.45) is 8.64. The number of carboxylic acid groups (broad SMARTS) is 1. The topological polar surface area (TPSA) is 46.5 Å². The molecule has 0 bridgehead atoms. The summed E-state index contributed by atoms with van der Waals surface area (Å²) in [5.74, 6) is -0.401. The molecule has 0 aliphatic heterocycles. The Balaban J connectivity index is 2.82.